The van der Waals surface area contributed by atoms with E-state index in [-0.39, 0.29) is 18.2 Å². The van der Waals surface area contributed by atoms with Gasteiger partial charge >= 0.3 is 0 Å². The first-order chi connectivity index (χ1) is 11.1. The third kappa shape index (κ3) is 5.45. The molecule has 1 heterocycles. The quantitative estimate of drug-likeness (QED) is 0.799. The van der Waals surface area contributed by atoms with Crippen LogP contribution in [0.4, 0.5) is 0 Å². The van der Waals surface area contributed by atoms with E-state index in [9.17, 15) is 9.59 Å². The predicted molar refractivity (Wildman–Crippen MR) is 88.3 cm³/mol. The van der Waals surface area contributed by atoms with Gasteiger partial charge in [-0.25, -0.2) is 0 Å². The van der Waals surface area contributed by atoms with E-state index in [0.29, 0.717) is 17.8 Å². The van der Waals surface area contributed by atoms with Crippen LogP contribution in [-0.4, -0.2) is 43.5 Å². The molecule has 0 aliphatic heterocycles. The third-order valence-corrected chi connectivity index (χ3v) is 3.49. The molecule has 0 radical (unpaired) electrons. The first-order valence-corrected chi connectivity index (χ1v) is 7.81. The maximum Gasteiger partial charge on any atom is 0.287 e. The molecule has 2 aromatic rings. The fraction of sp³-hybridized carbons (Fsp3) is 0.250. The zero-order valence-electron chi connectivity index (χ0n) is 12.6. The Balaban J connectivity index is 1.69. The minimum Gasteiger partial charge on any atom is -0.492 e. The lowest BCUT2D eigenvalue weighted by Crippen LogP contribution is -2.39. The third-order valence-electron chi connectivity index (χ3n) is 3.06. The number of rotatable bonds is 7. The number of likely N-dealkylation sites (N-methyl/N-ethyl adjacent to an activating group) is 1. The summed E-state index contributed by atoms with van der Waals surface area (Å²) < 4.78 is 11.1. The molecule has 0 saturated carbocycles. The van der Waals surface area contributed by atoms with Crippen molar-refractivity contribution in [1.82, 2.24) is 10.2 Å². The summed E-state index contributed by atoms with van der Waals surface area (Å²) in [7, 11) is 1.66. The van der Waals surface area contributed by atoms with Crippen molar-refractivity contribution in [1.29, 1.82) is 0 Å². The number of furan rings is 1. The number of hydrogen-bond donors (Lipinski definition) is 1. The second-order valence-corrected chi connectivity index (χ2v) is 5.54. The summed E-state index contributed by atoms with van der Waals surface area (Å²) in [4.78, 5) is 25.2. The van der Waals surface area contributed by atoms with Crippen molar-refractivity contribution >= 4 is 27.7 Å². The summed E-state index contributed by atoms with van der Waals surface area (Å²) in [5, 5.41) is 2.52. The average molecular weight is 381 g/mol. The zero-order chi connectivity index (χ0) is 16.7. The molecule has 0 aliphatic rings. The van der Waals surface area contributed by atoms with Crippen molar-refractivity contribution in [2.75, 3.05) is 26.7 Å². The number of halogens is 1. The highest BCUT2D eigenvalue weighted by Gasteiger charge is 2.14. The van der Waals surface area contributed by atoms with Crippen LogP contribution in [0.1, 0.15) is 10.6 Å². The smallest absolute Gasteiger partial charge is 0.287 e. The van der Waals surface area contributed by atoms with Crippen LogP contribution in [0.25, 0.3) is 0 Å². The molecule has 0 unspecified atom stereocenters. The molecule has 6 nitrogen and oxygen atoms in total. The molecule has 1 aromatic carbocycles. The molecule has 122 valence electrons. The van der Waals surface area contributed by atoms with E-state index in [1.54, 1.807) is 13.1 Å². The number of para-hydroxylation sites is 1. The number of carbonyl (C=O) groups is 2. The largest absolute Gasteiger partial charge is 0.492 e. The van der Waals surface area contributed by atoms with Gasteiger partial charge in [-0.2, -0.15) is 0 Å². The predicted octanol–water partition coefficient (Wildman–Crippen LogP) is 2.31. The van der Waals surface area contributed by atoms with Crippen LogP contribution < -0.4 is 10.1 Å². The lowest BCUT2D eigenvalue weighted by atomic mass is 10.3. The van der Waals surface area contributed by atoms with Gasteiger partial charge in [-0.1, -0.05) is 18.2 Å². The van der Waals surface area contributed by atoms with Crippen molar-refractivity contribution in [3.8, 4) is 5.75 Å². The number of carbonyl (C=O) groups excluding carboxylic acids is 2. The van der Waals surface area contributed by atoms with Gasteiger partial charge in [0.05, 0.1) is 13.1 Å². The van der Waals surface area contributed by atoms with Gasteiger partial charge in [0.25, 0.3) is 5.91 Å². The van der Waals surface area contributed by atoms with E-state index in [4.69, 9.17) is 9.15 Å². The van der Waals surface area contributed by atoms with Gasteiger partial charge in [-0.3, -0.25) is 9.59 Å². The van der Waals surface area contributed by atoms with Crippen LogP contribution in [0.2, 0.25) is 0 Å². The van der Waals surface area contributed by atoms with Crippen LogP contribution in [0.3, 0.4) is 0 Å². The van der Waals surface area contributed by atoms with Crippen molar-refractivity contribution in [2.45, 2.75) is 0 Å². The second-order valence-electron chi connectivity index (χ2n) is 4.76. The van der Waals surface area contributed by atoms with Crippen molar-refractivity contribution < 1.29 is 18.7 Å². The molecule has 0 spiro atoms. The maximum absolute atomic E-state index is 11.9. The zero-order valence-corrected chi connectivity index (χ0v) is 14.2. The van der Waals surface area contributed by atoms with Crippen LogP contribution in [-0.2, 0) is 4.79 Å². The molecule has 0 bridgehead atoms. The molecule has 23 heavy (non-hydrogen) atoms. The SMILES string of the molecule is CN(CCOc1ccccc1)C(=O)CNC(=O)c1ccc(Br)o1. The Hall–Kier alpha value is -2.28. The van der Waals surface area contributed by atoms with E-state index in [2.05, 4.69) is 21.2 Å². The highest BCUT2D eigenvalue weighted by atomic mass is 79.9. The molecule has 2 rings (SSSR count). The second kappa shape index (κ2) is 8.38. The lowest BCUT2D eigenvalue weighted by molar-refractivity contribution is -0.129. The number of hydrogen-bond acceptors (Lipinski definition) is 4. The van der Waals surface area contributed by atoms with Crippen LogP contribution in [0.15, 0.2) is 51.6 Å². The Morgan fingerprint density at radius 1 is 1.22 bits per heavy atom. The summed E-state index contributed by atoms with van der Waals surface area (Å²) in [6.07, 6.45) is 0. The minimum atomic E-state index is -0.432. The van der Waals surface area contributed by atoms with E-state index >= 15 is 0 Å². The summed E-state index contributed by atoms with van der Waals surface area (Å²) in [6.45, 7) is 0.709. The number of nitrogens with one attached hydrogen (secondary N) is 1. The molecule has 2 amide bonds. The van der Waals surface area contributed by atoms with Crippen molar-refractivity contribution in [3.05, 3.63) is 52.9 Å². The van der Waals surface area contributed by atoms with Gasteiger partial charge in [-0.15, -0.1) is 0 Å². The highest BCUT2D eigenvalue weighted by Crippen LogP contribution is 2.13. The monoisotopic (exact) mass is 380 g/mol. The van der Waals surface area contributed by atoms with Gasteiger partial charge in [0.15, 0.2) is 10.4 Å². The minimum absolute atomic E-state index is 0.0982. The molecule has 0 saturated heterocycles. The highest BCUT2D eigenvalue weighted by molar-refractivity contribution is 9.10. The summed E-state index contributed by atoms with van der Waals surface area (Å²) >= 11 is 3.12. The van der Waals surface area contributed by atoms with E-state index in [1.807, 2.05) is 30.3 Å². The summed E-state index contributed by atoms with van der Waals surface area (Å²) in [5.74, 6) is 0.267. The Bertz CT molecular complexity index is 657. The number of benzene rings is 1. The van der Waals surface area contributed by atoms with E-state index in [0.717, 1.165) is 5.75 Å². The lowest BCUT2D eigenvalue weighted by Gasteiger charge is -2.17. The Morgan fingerprint density at radius 3 is 2.61 bits per heavy atom. The van der Waals surface area contributed by atoms with Gasteiger partial charge in [0, 0.05) is 7.05 Å². The Labute approximate surface area is 142 Å². The van der Waals surface area contributed by atoms with Gasteiger partial charge in [-0.05, 0) is 40.2 Å². The standard InChI is InChI=1S/C16H17BrN2O4/c1-19(9-10-22-12-5-3-2-4-6-12)15(20)11-18-16(21)13-7-8-14(17)23-13/h2-8H,9-11H2,1H3,(H,18,21). The molecular formula is C16H17BrN2O4. The first-order valence-electron chi connectivity index (χ1n) is 7.01. The van der Waals surface area contributed by atoms with Crippen LogP contribution >= 0.6 is 15.9 Å². The van der Waals surface area contributed by atoms with Gasteiger partial charge < -0.3 is 19.4 Å². The van der Waals surface area contributed by atoms with Gasteiger partial charge in [0.1, 0.15) is 12.4 Å². The van der Waals surface area contributed by atoms with Crippen molar-refractivity contribution in [3.63, 3.8) is 0 Å². The summed E-state index contributed by atoms with van der Waals surface area (Å²) in [6, 6.07) is 12.5. The van der Waals surface area contributed by atoms with E-state index < -0.39 is 5.91 Å². The first kappa shape index (κ1) is 17.1. The normalized spacial score (nSPS) is 10.2. The molecule has 0 aliphatic carbocycles. The maximum atomic E-state index is 11.9. The molecule has 1 aromatic heterocycles. The number of amides is 2. The summed E-state index contributed by atoms with van der Waals surface area (Å²) in [5.41, 5.74) is 0. The molecule has 0 fully saturated rings. The molecule has 0 atom stereocenters. The molecule has 1 N–H and O–H groups in total. The molecule has 7 heteroatoms. The Kier molecular flexibility index (Phi) is 6.22. The fourth-order valence-electron chi connectivity index (χ4n) is 1.76. The topological polar surface area (TPSA) is 71.8 Å². The van der Waals surface area contributed by atoms with Crippen LogP contribution in [0.5, 0.6) is 5.75 Å². The molecular weight excluding hydrogens is 364 g/mol. The fourth-order valence-corrected chi connectivity index (χ4v) is 2.06. The average Bonchev–Trinajstić information content (AvgIpc) is 2.99. The number of ether oxygens (including phenoxy) is 1. The van der Waals surface area contributed by atoms with Gasteiger partial charge in [0.2, 0.25) is 5.91 Å². The number of nitrogens with zero attached hydrogens (tertiary/aromatic N) is 1. The Morgan fingerprint density at radius 2 is 1.96 bits per heavy atom. The van der Waals surface area contributed by atoms with Crippen LogP contribution in [0, 0.1) is 0 Å². The van der Waals surface area contributed by atoms with Crippen molar-refractivity contribution in [2.24, 2.45) is 0 Å². The van der Waals surface area contributed by atoms with E-state index in [1.165, 1.54) is 11.0 Å².